The Morgan fingerprint density at radius 1 is 0.938 bits per heavy atom. The number of fused-ring (bicyclic) bond motifs is 1. The highest BCUT2D eigenvalue weighted by Gasteiger charge is 2.45. The summed E-state index contributed by atoms with van der Waals surface area (Å²) in [4.78, 5) is 84.1. The summed E-state index contributed by atoms with van der Waals surface area (Å²) in [5.74, 6) is -1.05. The number of nitrogens with zero attached hydrogens (tertiary/aromatic N) is 7. The zero-order valence-electron chi connectivity index (χ0n) is 45.6. The molecule has 0 spiro atoms. The summed E-state index contributed by atoms with van der Waals surface area (Å²) in [7, 11) is 0. The summed E-state index contributed by atoms with van der Waals surface area (Å²) in [5, 5.41) is 42.1. The molecule has 2 saturated heterocycles. The van der Waals surface area contributed by atoms with Crippen molar-refractivity contribution < 1.29 is 52.8 Å². The Morgan fingerprint density at radius 3 is 2.38 bits per heavy atom. The van der Waals surface area contributed by atoms with Gasteiger partial charge < -0.3 is 59.9 Å². The molecule has 0 aliphatic carbocycles. The maximum atomic E-state index is 14.1. The van der Waals surface area contributed by atoms with Crippen LogP contribution >= 0.6 is 11.3 Å². The topological polar surface area (TPSA) is 286 Å². The van der Waals surface area contributed by atoms with Gasteiger partial charge in [0.25, 0.3) is 5.89 Å². The van der Waals surface area contributed by atoms with Gasteiger partial charge in [-0.25, -0.2) is 14.8 Å². The second-order valence-corrected chi connectivity index (χ2v) is 22.5. The van der Waals surface area contributed by atoms with Crippen molar-refractivity contribution in [1.82, 2.24) is 45.6 Å². The molecule has 6 heterocycles. The van der Waals surface area contributed by atoms with E-state index in [1.165, 1.54) is 4.90 Å². The summed E-state index contributed by atoms with van der Waals surface area (Å²) in [5.41, 5.74) is 6.19. The molecule has 3 aliphatic heterocycles. The first-order chi connectivity index (χ1) is 38.3. The zero-order chi connectivity index (χ0) is 56.7. The molecule has 6 aromatic rings. The monoisotopic (exact) mass is 1110 g/mol. The molecule has 22 nitrogen and oxygen atoms in total. The van der Waals surface area contributed by atoms with Crippen LogP contribution in [0.15, 0.2) is 88.9 Å². The lowest BCUT2D eigenvalue weighted by molar-refractivity contribution is -0.144. The first-order valence-corrected chi connectivity index (χ1v) is 27.5. The van der Waals surface area contributed by atoms with Crippen LogP contribution in [-0.2, 0) is 45.5 Å². The van der Waals surface area contributed by atoms with Gasteiger partial charge in [0.1, 0.15) is 36.7 Å². The van der Waals surface area contributed by atoms with E-state index in [0.717, 1.165) is 32.8 Å². The number of ether oxygens (including phenoxy) is 3. The van der Waals surface area contributed by atoms with E-state index >= 15 is 0 Å². The third-order valence-corrected chi connectivity index (χ3v) is 15.4. The number of benzene rings is 3. The Hall–Kier alpha value is -7.70. The average molecular weight is 1110 g/mol. The van der Waals surface area contributed by atoms with Gasteiger partial charge in [-0.2, -0.15) is 4.98 Å². The number of likely N-dealkylation sites (tertiary alicyclic amines) is 2. The normalized spacial score (nSPS) is 17.8. The highest BCUT2D eigenvalue weighted by molar-refractivity contribution is 7.13. The molecule has 23 heteroatoms. The number of aryl methyl sites for hydroxylation is 1. The lowest BCUT2D eigenvalue weighted by Crippen LogP contribution is -2.58. The van der Waals surface area contributed by atoms with Gasteiger partial charge in [-0.15, -0.1) is 21.5 Å². The lowest BCUT2D eigenvalue weighted by atomic mass is 9.85. The highest BCUT2D eigenvalue weighted by Crippen LogP contribution is 2.39. The van der Waals surface area contributed by atoms with E-state index in [1.54, 1.807) is 60.8 Å². The molecule has 3 aromatic heterocycles. The molecule has 9 rings (SSSR count). The number of hydrogen-bond donors (Lipinski definition) is 6. The number of aliphatic hydroxyl groups is 2. The van der Waals surface area contributed by atoms with Crippen LogP contribution in [0.4, 0.5) is 17.5 Å². The highest BCUT2D eigenvalue weighted by atomic mass is 32.1. The molecule has 4 amide bonds. The van der Waals surface area contributed by atoms with E-state index in [9.17, 15) is 34.2 Å². The van der Waals surface area contributed by atoms with Gasteiger partial charge in [-0.05, 0) is 73.9 Å². The maximum Gasteiger partial charge on any atom is 0.339 e. The number of thiazole rings is 1. The Labute approximate surface area is 467 Å². The average Bonchev–Trinajstić information content (AvgIpc) is 4.26. The molecule has 80 heavy (non-hydrogen) atoms. The van der Waals surface area contributed by atoms with Gasteiger partial charge in [0.05, 0.1) is 59.2 Å². The van der Waals surface area contributed by atoms with Gasteiger partial charge in [0.15, 0.2) is 0 Å². The van der Waals surface area contributed by atoms with E-state index in [4.69, 9.17) is 23.6 Å². The summed E-state index contributed by atoms with van der Waals surface area (Å²) >= 11 is 1.56. The van der Waals surface area contributed by atoms with Crippen LogP contribution in [0.25, 0.3) is 21.9 Å². The second-order valence-electron chi connectivity index (χ2n) is 21.7. The Kier molecular flexibility index (Phi) is 17.6. The van der Waals surface area contributed by atoms with Crippen LogP contribution in [0.3, 0.4) is 0 Å². The summed E-state index contributed by atoms with van der Waals surface area (Å²) < 4.78 is 23.0. The number of aromatic nitrogens is 5. The molecule has 422 valence electrons. The second kappa shape index (κ2) is 24.8. The lowest BCUT2D eigenvalue weighted by Gasteiger charge is -2.35. The minimum Gasteiger partial charge on any atom is -0.451 e. The van der Waals surface area contributed by atoms with Gasteiger partial charge in [-0.1, -0.05) is 75.4 Å². The van der Waals surface area contributed by atoms with Crippen molar-refractivity contribution in [3.63, 3.8) is 0 Å². The van der Waals surface area contributed by atoms with Crippen molar-refractivity contribution in [3.05, 3.63) is 118 Å². The van der Waals surface area contributed by atoms with Crippen LogP contribution in [0, 0.1) is 12.3 Å². The van der Waals surface area contributed by atoms with Crippen LogP contribution in [0.1, 0.15) is 104 Å². The SMILES string of the molecule is Cc1ncsc1-c1ccc(CNC(=O)[C@@H]2C[C@@H](O)CN2C(=O)[C@@H](NC(=O)COCCOCC(=O)N2CCC(c3nnc(-c4cnc(Nc5ccc6c(c5)C(C)(C)OC6=O)nc4N[C@H](CO)c4ccccc4)o3)CC2)C(C)(C)C)cc1. The quantitative estimate of drug-likeness (QED) is 0.0367. The zero-order valence-corrected chi connectivity index (χ0v) is 46.4. The summed E-state index contributed by atoms with van der Waals surface area (Å²) in [6.07, 6.45) is 1.82. The number of β-amino-alcohol motifs (C(OH)–C–C–N with tert-alkyl or cyclic N) is 1. The van der Waals surface area contributed by atoms with Crippen molar-refractivity contribution in [2.45, 2.75) is 103 Å². The molecule has 0 unspecified atom stereocenters. The van der Waals surface area contributed by atoms with Crippen molar-refractivity contribution >= 4 is 58.4 Å². The van der Waals surface area contributed by atoms with Crippen molar-refractivity contribution in [3.8, 4) is 21.9 Å². The van der Waals surface area contributed by atoms with Crippen LogP contribution in [-0.4, -0.2) is 146 Å². The summed E-state index contributed by atoms with van der Waals surface area (Å²) in [6, 6.07) is 20.0. The Morgan fingerprint density at radius 2 is 1.68 bits per heavy atom. The maximum absolute atomic E-state index is 14.1. The molecule has 3 aliphatic rings. The van der Waals surface area contributed by atoms with Crippen LogP contribution in [0.2, 0.25) is 0 Å². The molecular weight excluding hydrogens is 1050 g/mol. The third-order valence-electron chi connectivity index (χ3n) is 14.4. The summed E-state index contributed by atoms with van der Waals surface area (Å²) in [6.45, 7) is 11.3. The van der Waals surface area contributed by atoms with E-state index in [0.29, 0.717) is 54.5 Å². The molecule has 6 N–H and O–H groups in total. The van der Waals surface area contributed by atoms with Crippen molar-refractivity contribution in [1.29, 1.82) is 0 Å². The largest absolute Gasteiger partial charge is 0.451 e. The first kappa shape index (κ1) is 57.0. The fourth-order valence-corrected chi connectivity index (χ4v) is 10.8. The van der Waals surface area contributed by atoms with E-state index in [1.807, 2.05) is 81.4 Å². The first-order valence-electron chi connectivity index (χ1n) is 26.6. The molecule has 3 aromatic carbocycles. The number of anilines is 3. The molecule has 0 bridgehead atoms. The predicted molar refractivity (Wildman–Crippen MR) is 295 cm³/mol. The van der Waals surface area contributed by atoms with E-state index in [2.05, 4.69) is 41.4 Å². The Bertz CT molecular complexity index is 3170. The smallest absolute Gasteiger partial charge is 0.339 e. The van der Waals surface area contributed by atoms with Crippen LogP contribution < -0.4 is 21.3 Å². The van der Waals surface area contributed by atoms with Gasteiger partial charge >= 0.3 is 5.97 Å². The predicted octanol–water partition coefficient (Wildman–Crippen LogP) is 5.80. The van der Waals surface area contributed by atoms with Crippen molar-refractivity contribution in [2.24, 2.45) is 5.41 Å². The molecule has 0 saturated carbocycles. The van der Waals surface area contributed by atoms with Gasteiger partial charge in [0.2, 0.25) is 35.5 Å². The molecular formula is C57H67N11O11S. The molecule has 0 radical (unpaired) electrons. The number of nitrogens with one attached hydrogen (secondary N) is 4. The van der Waals surface area contributed by atoms with Crippen LogP contribution in [0.5, 0.6) is 0 Å². The number of carbonyl (C=O) groups is 5. The number of cyclic esters (lactones) is 1. The number of hydrogen-bond acceptors (Lipinski definition) is 19. The standard InChI is InChI=1S/C57H67N11O11S/c1-33-47(80-32-60-33)36-14-12-34(13-15-36)26-58-50(73)44-25-39(70)28-68(44)53(74)48(56(2,3)4)63-45(71)30-76-22-23-77-31-46(72)67-20-18-37(19-21-67)51-65-66-52(78-51)41-27-59-55(64-49(41)62-43(29-69)35-10-8-7-9-11-35)61-38-16-17-40-42(24-38)57(5,6)79-54(40)75/h7-17,24,27,32,37,39,43-44,48,69-70H,18-23,25-26,28-31H2,1-6H3,(H,58,73)(H,63,71)(H2,59,61,62,64)/t39-,43-,44+,48-/m1/s1. The fraction of sp³-hybridized carbons (Fsp3) is 0.439. The fourth-order valence-electron chi connectivity index (χ4n) is 9.96. The van der Waals surface area contributed by atoms with E-state index in [-0.39, 0.29) is 82.2 Å². The molecule has 2 fully saturated rings. The molecule has 4 atom stereocenters. The van der Waals surface area contributed by atoms with Gasteiger partial charge in [0, 0.05) is 56.0 Å². The number of piperidine rings is 1. The number of esters is 1. The Balaban J connectivity index is 0.723. The number of amides is 4. The third kappa shape index (κ3) is 13.5. The minimum absolute atomic E-state index is 0.00508. The van der Waals surface area contributed by atoms with Gasteiger partial charge in [-0.3, -0.25) is 19.2 Å². The minimum atomic E-state index is -1.03. The number of rotatable bonds is 21. The number of aliphatic hydroxyl groups excluding tert-OH is 2. The van der Waals surface area contributed by atoms with Crippen molar-refractivity contribution in [2.75, 3.05) is 63.3 Å². The van der Waals surface area contributed by atoms with E-state index < -0.39 is 53.0 Å². The number of carbonyl (C=O) groups excluding carboxylic acids is 5.